The van der Waals surface area contributed by atoms with Gasteiger partial charge in [-0.1, -0.05) is 27.2 Å². The Bertz CT molecular complexity index is 653. The standard InChI is InChI=1S/C20H31F2N3O4/c1-4-5-16(19(27)24-10-12(2)3)23-11-18(26)17(25-20(28)29)8-13-6-14(21)9-15(22)7-13/h6-7,9,12,16-18,23,25-26H,4-5,8,10-11H2,1-3H3,(H,24,27)(H,28,29)/t16-,17-,18+/m0/s1. The van der Waals surface area contributed by atoms with Crippen LogP contribution in [0.15, 0.2) is 18.2 Å². The number of carbonyl (C=O) groups is 2. The number of benzene rings is 1. The number of amides is 2. The van der Waals surface area contributed by atoms with Gasteiger partial charge in [-0.15, -0.1) is 0 Å². The normalized spacial score (nSPS) is 14.3. The van der Waals surface area contributed by atoms with Crippen molar-refractivity contribution in [1.29, 1.82) is 0 Å². The van der Waals surface area contributed by atoms with Crippen molar-refractivity contribution in [2.24, 2.45) is 5.92 Å². The van der Waals surface area contributed by atoms with E-state index in [4.69, 9.17) is 5.11 Å². The molecule has 9 heteroatoms. The minimum Gasteiger partial charge on any atom is -0.465 e. The third-order valence-corrected chi connectivity index (χ3v) is 4.30. The van der Waals surface area contributed by atoms with Gasteiger partial charge in [0.05, 0.1) is 18.2 Å². The number of hydrogen-bond donors (Lipinski definition) is 5. The van der Waals surface area contributed by atoms with Crippen LogP contribution in [-0.4, -0.2) is 53.5 Å². The molecular weight excluding hydrogens is 384 g/mol. The summed E-state index contributed by atoms with van der Waals surface area (Å²) < 4.78 is 26.8. The van der Waals surface area contributed by atoms with E-state index in [9.17, 15) is 23.5 Å². The quantitative estimate of drug-likeness (QED) is 0.359. The largest absolute Gasteiger partial charge is 0.465 e. The molecule has 3 atom stereocenters. The van der Waals surface area contributed by atoms with Crippen LogP contribution in [0.4, 0.5) is 13.6 Å². The summed E-state index contributed by atoms with van der Waals surface area (Å²) >= 11 is 0. The Morgan fingerprint density at radius 3 is 2.24 bits per heavy atom. The number of hydrogen-bond acceptors (Lipinski definition) is 4. The van der Waals surface area contributed by atoms with E-state index < -0.39 is 35.9 Å². The highest BCUT2D eigenvalue weighted by Crippen LogP contribution is 2.12. The summed E-state index contributed by atoms with van der Waals surface area (Å²) in [5.41, 5.74) is 0.208. The van der Waals surface area contributed by atoms with E-state index in [0.717, 1.165) is 18.6 Å². The second kappa shape index (κ2) is 12.3. The number of aliphatic hydroxyl groups excluding tert-OH is 1. The van der Waals surface area contributed by atoms with Crippen LogP contribution in [0.5, 0.6) is 0 Å². The number of rotatable bonds is 12. The van der Waals surface area contributed by atoms with Gasteiger partial charge in [-0.3, -0.25) is 4.79 Å². The van der Waals surface area contributed by atoms with Crippen LogP contribution >= 0.6 is 0 Å². The van der Waals surface area contributed by atoms with Crippen LogP contribution in [0.2, 0.25) is 0 Å². The first-order valence-corrected chi connectivity index (χ1v) is 9.75. The molecule has 0 saturated heterocycles. The Hall–Kier alpha value is -2.26. The molecule has 0 fully saturated rings. The maximum absolute atomic E-state index is 13.4. The average Bonchev–Trinajstić information content (AvgIpc) is 2.61. The highest BCUT2D eigenvalue weighted by Gasteiger charge is 2.25. The van der Waals surface area contributed by atoms with E-state index >= 15 is 0 Å². The van der Waals surface area contributed by atoms with Gasteiger partial charge >= 0.3 is 6.09 Å². The number of nitrogens with one attached hydrogen (secondary N) is 3. The lowest BCUT2D eigenvalue weighted by atomic mass is 10.0. The van der Waals surface area contributed by atoms with Crippen molar-refractivity contribution in [1.82, 2.24) is 16.0 Å². The predicted molar refractivity (Wildman–Crippen MR) is 106 cm³/mol. The summed E-state index contributed by atoms with van der Waals surface area (Å²) in [4.78, 5) is 23.4. The lowest BCUT2D eigenvalue weighted by Gasteiger charge is -2.26. The van der Waals surface area contributed by atoms with Crippen LogP contribution in [-0.2, 0) is 11.2 Å². The van der Waals surface area contributed by atoms with Gasteiger partial charge in [0.25, 0.3) is 0 Å². The third-order valence-electron chi connectivity index (χ3n) is 4.30. The molecule has 1 aromatic carbocycles. The van der Waals surface area contributed by atoms with E-state index in [1.807, 2.05) is 20.8 Å². The summed E-state index contributed by atoms with van der Waals surface area (Å²) in [7, 11) is 0. The molecule has 0 unspecified atom stereocenters. The van der Waals surface area contributed by atoms with Gasteiger partial charge in [0.15, 0.2) is 0 Å². The topological polar surface area (TPSA) is 111 Å². The number of aliphatic hydroxyl groups is 1. The van der Waals surface area contributed by atoms with Crippen molar-refractivity contribution in [3.8, 4) is 0 Å². The Labute approximate surface area is 169 Å². The van der Waals surface area contributed by atoms with Gasteiger partial charge in [0, 0.05) is 19.2 Å². The van der Waals surface area contributed by atoms with E-state index in [0.29, 0.717) is 24.9 Å². The van der Waals surface area contributed by atoms with E-state index in [1.54, 1.807) is 0 Å². The molecule has 0 spiro atoms. The second-order valence-electron chi connectivity index (χ2n) is 7.49. The molecule has 1 rings (SSSR count). The SMILES string of the molecule is CCC[C@H](NC[C@@H](O)[C@H](Cc1cc(F)cc(F)c1)NC(=O)O)C(=O)NCC(C)C. The van der Waals surface area contributed by atoms with E-state index in [1.165, 1.54) is 0 Å². The lowest BCUT2D eigenvalue weighted by molar-refractivity contribution is -0.123. The molecule has 0 radical (unpaired) electrons. The molecule has 164 valence electrons. The fourth-order valence-electron chi connectivity index (χ4n) is 2.87. The smallest absolute Gasteiger partial charge is 0.404 e. The molecule has 1 aromatic rings. The molecule has 0 aliphatic carbocycles. The number of carboxylic acid groups (broad SMARTS) is 1. The molecule has 0 aliphatic heterocycles. The average molecular weight is 415 g/mol. The zero-order valence-corrected chi connectivity index (χ0v) is 17.0. The molecule has 2 amide bonds. The number of carbonyl (C=O) groups excluding carboxylic acids is 1. The molecule has 0 aliphatic rings. The summed E-state index contributed by atoms with van der Waals surface area (Å²) in [6.45, 7) is 6.33. The molecule has 5 N–H and O–H groups in total. The second-order valence-corrected chi connectivity index (χ2v) is 7.49. The van der Waals surface area contributed by atoms with Gasteiger partial charge in [-0.2, -0.15) is 0 Å². The van der Waals surface area contributed by atoms with Crippen molar-refractivity contribution < 1.29 is 28.6 Å². The van der Waals surface area contributed by atoms with Gasteiger partial charge in [-0.05, 0) is 36.5 Å². The fraction of sp³-hybridized carbons (Fsp3) is 0.600. The summed E-state index contributed by atoms with van der Waals surface area (Å²) in [6, 6.07) is 1.33. The van der Waals surface area contributed by atoms with Crippen LogP contribution < -0.4 is 16.0 Å². The highest BCUT2D eigenvalue weighted by molar-refractivity contribution is 5.81. The van der Waals surface area contributed by atoms with Crippen molar-refractivity contribution in [2.45, 2.75) is 58.2 Å². The Morgan fingerprint density at radius 1 is 1.10 bits per heavy atom. The molecule has 29 heavy (non-hydrogen) atoms. The van der Waals surface area contributed by atoms with Crippen LogP contribution in [0.1, 0.15) is 39.2 Å². The number of halogens is 2. The first-order valence-electron chi connectivity index (χ1n) is 9.75. The van der Waals surface area contributed by atoms with Crippen LogP contribution in [0.25, 0.3) is 0 Å². The summed E-state index contributed by atoms with van der Waals surface area (Å²) in [5, 5.41) is 27.5. The van der Waals surface area contributed by atoms with Crippen molar-refractivity contribution in [3.63, 3.8) is 0 Å². The Balaban J connectivity index is 2.77. The Morgan fingerprint density at radius 2 is 1.72 bits per heavy atom. The maximum Gasteiger partial charge on any atom is 0.404 e. The first-order chi connectivity index (χ1) is 13.6. The lowest BCUT2D eigenvalue weighted by Crippen LogP contribution is -2.52. The first kappa shape index (κ1) is 24.8. The van der Waals surface area contributed by atoms with Crippen LogP contribution in [0.3, 0.4) is 0 Å². The summed E-state index contributed by atoms with van der Waals surface area (Å²) in [6.07, 6.45) is -1.41. The zero-order valence-electron chi connectivity index (χ0n) is 17.0. The monoisotopic (exact) mass is 415 g/mol. The predicted octanol–water partition coefficient (Wildman–Crippen LogP) is 2.03. The van der Waals surface area contributed by atoms with E-state index in [-0.39, 0.29) is 24.4 Å². The molecule has 0 aromatic heterocycles. The van der Waals surface area contributed by atoms with Crippen LogP contribution in [0, 0.1) is 17.6 Å². The zero-order chi connectivity index (χ0) is 22.0. The van der Waals surface area contributed by atoms with Gasteiger partial charge in [0.2, 0.25) is 5.91 Å². The maximum atomic E-state index is 13.4. The Kier molecular flexibility index (Phi) is 10.5. The van der Waals surface area contributed by atoms with Crippen molar-refractivity contribution in [2.75, 3.05) is 13.1 Å². The van der Waals surface area contributed by atoms with Gasteiger partial charge in [0.1, 0.15) is 11.6 Å². The molecular formula is C20H31F2N3O4. The fourth-order valence-corrected chi connectivity index (χ4v) is 2.87. The van der Waals surface area contributed by atoms with Gasteiger partial charge < -0.3 is 26.2 Å². The van der Waals surface area contributed by atoms with E-state index in [2.05, 4.69) is 16.0 Å². The molecule has 0 bridgehead atoms. The minimum atomic E-state index is -1.37. The minimum absolute atomic E-state index is 0.0670. The molecule has 7 nitrogen and oxygen atoms in total. The highest BCUT2D eigenvalue weighted by atomic mass is 19.1. The van der Waals surface area contributed by atoms with Crippen molar-refractivity contribution >= 4 is 12.0 Å². The summed E-state index contributed by atoms with van der Waals surface area (Å²) in [5.74, 6) is -1.47. The van der Waals surface area contributed by atoms with Crippen molar-refractivity contribution in [3.05, 3.63) is 35.4 Å². The van der Waals surface area contributed by atoms with Gasteiger partial charge in [-0.25, -0.2) is 13.6 Å². The molecule has 0 heterocycles. The third kappa shape index (κ3) is 9.67. The molecule has 0 saturated carbocycles.